The summed E-state index contributed by atoms with van der Waals surface area (Å²) >= 11 is 0. The van der Waals surface area contributed by atoms with Crippen LogP contribution in [-0.4, -0.2) is 21.8 Å². The Labute approximate surface area is 719 Å². The van der Waals surface area contributed by atoms with Crippen LogP contribution in [0.1, 0.15) is 124 Å². The van der Waals surface area contributed by atoms with E-state index in [1.54, 1.807) is 0 Å². The average molecular weight is 1540 g/mol. The fourth-order valence-corrected chi connectivity index (χ4v) is 18.9. The predicted octanol–water partition coefficient (Wildman–Crippen LogP) is 25.9. The van der Waals surface area contributed by atoms with Gasteiger partial charge in [0.1, 0.15) is 11.2 Å². The minimum Gasteiger partial charge on any atom is -0.376 e. The molecule has 576 valence electrons. The van der Waals surface area contributed by atoms with Gasteiger partial charge in [0.05, 0.1) is 0 Å². The van der Waals surface area contributed by atoms with Crippen LogP contribution in [0.4, 0.5) is 0 Å². The van der Waals surface area contributed by atoms with Crippen molar-refractivity contribution in [2.45, 2.75) is 11.2 Å². The summed E-state index contributed by atoms with van der Waals surface area (Å²) in [7, 11) is 0. The number of benzene rings is 19. The summed E-state index contributed by atoms with van der Waals surface area (Å²) in [5, 5.41) is 35.7. The Kier molecular flexibility index (Phi) is 19.8. The van der Waals surface area contributed by atoms with E-state index in [1.807, 2.05) is 261 Å². The van der Waals surface area contributed by atoms with Gasteiger partial charge in [-0.2, -0.15) is 36.4 Å². The maximum absolute atomic E-state index is 13.2. The maximum Gasteiger partial charge on any atom is 1.00 e. The van der Waals surface area contributed by atoms with Gasteiger partial charge in [-0.25, -0.2) is 0 Å². The van der Waals surface area contributed by atoms with E-state index in [0.717, 1.165) is 100 Å². The van der Waals surface area contributed by atoms with Crippen molar-refractivity contribution in [1.82, 2.24) is 0 Å². The normalized spacial score (nSPS) is 14.9. The zero-order valence-corrected chi connectivity index (χ0v) is 65.4. The van der Waals surface area contributed by atoms with Crippen molar-refractivity contribution in [3.8, 4) is 33.4 Å². The van der Waals surface area contributed by atoms with Gasteiger partial charge in [-0.3, -0.25) is 9.59 Å². The van der Waals surface area contributed by atoms with Gasteiger partial charge in [-0.15, -0.1) is 0 Å². The number of hydrogen-bond donors (Lipinski definition) is 2. The summed E-state index contributed by atoms with van der Waals surface area (Å²) < 4.78 is 0. The van der Waals surface area contributed by atoms with Gasteiger partial charge < -0.3 is 10.2 Å². The number of rotatable bonds is 5. The van der Waals surface area contributed by atoms with Crippen LogP contribution < -0.4 is 18.9 Å². The Morgan fingerprint density at radius 1 is 0.193 bits per heavy atom. The monoisotopic (exact) mass is 1530 g/mol. The van der Waals surface area contributed by atoms with Gasteiger partial charge in [0.15, 0.2) is 11.6 Å². The first-order chi connectivity index (χ1) is 58.3. The van der Waals surface area contributed by atoms with Crippen LogP contribution >= 0.6 is 0 Å². The first-order valence-corrected chi connectivity index (χ1v) is 40.1. The summed E-state index contributed by atoms with van der Waals surface area (Å²) in [6.07, 6.45) is 0. The number of carbonyl (C=O) groups is 2. The van der Waals surface area contributed by atoms with Gasteiger partial charge >= 0.3 is 18.9 Å². The van der Waals surface area contributed by atoms with Crippen LogP contribution in [0.3, 0.4) is 0 Å². The van der Waals surface area contributed by atoms with E-state index >= 15 is 0 Å². The largest absolute Gasteiger partial charge is 1.00 e. The van der Waals surface area contributed by atoms with Crippen molar-refractivity contribution in [2.24, 2.45) is 0 Å². The van der Waals surface area contributed by atoms with E-state index in [2.05, 4.69) is 188 Å². The van der Waals surface area contributed by atoms with E-state index in [1.165, 1.54) is 76.5 Å². The van der Waals surface area contributed by atoms with Crippen molar-refractivity contribution < 1.29 is 52.9 Å². The van der Waals surface area contributed by atoms with Crippen LogP contribution in [0.15, 0.2) is 443 Å². The fourth-order valence-electron chi connectivity index (χ4n) is 18.9. The molecule has 19 aromatic carbocycles. The van der Waals surface area contributed by atoms with Crippen LogP contribution in [0, 0.1) is 6.07 Å². The third kappa shape index (κ3) is 12.6. The molecule has 19 aromatic rings. The van der Waals surface area contributed by atoms with Crippen LogP contribution in [-0.2, 0) is 11.2 Å². The van der Waals surface area contributed by atoms with Crippen molar-refractivity contribution in [2.75, 3.05) is 0 Å². The van der Waals surface area contributed by atoms with E-state index in [0.29, 0.717) is 22.3 Å². The van der Waals surface area contributed by atoms with Gasteiger partial charge in [-0.05, 0) is 154 Å². The van der Waals surface area contributed by atoms with E-state index < -0.39 is 11.2 Å². The second-order valence-electron chi connectivity index (χ2n) is 30.2. The van der Waals surface area contributed by atoms with E-state index in [-0.39, 0.29) is 44.7 Å². The van der Waals surface area contributed by atoms with E-state index in [4.69, 9.17) is 0 Å². The van der Waals surface area contributed by atoms with Gasteiger partial charge in [-0.1, -0.05) is 413 Å². The molecule has 0 heterocycles. The summed E-state index contributed by atoms with van der Waals surface area (Å²) in [5.74, 6) is 0.0815. The molecule has 119 heavy (non-hydrogen) atoms. The van der Waals surface area contributed by atoms with Crippen molar-refractivity contribution >= 4 is 76.9 Å². The first kappa shape index (κ1) is 74.7. The van der Waals surface area contributed by atoms with Crippen LogP contribution in [0.2, 0.25) is 0 Å². The smallest absolute Gasteiger partial charge is 0.376 e. The standard InChI is InChI=1S/C40H28O2.C40H26.C28H16O2.C6H5.Li.10H2/c41-39(27-15-3-1-4-16-27)33-23-11-7-19-29(33)37(30-20-8-12-24-34(30)39)38-31-21-9-13-25-35(31)40(42,28-17-5-2-6-18-28)36-26-14-10-22-32(36)38;1-3-15-27(16-4-1)37-29-19-7-11-23-33(29)39(34-24-12-8-20-30(34)37)40-35-25-13-9-21-31(35)38(28-17-5-2-6-18-28)32-22-10-14-26-36(32)40;29-27-21-13-5-1-9-17(21)25(18-10-2-6-14-22(18)27)26-19-11-3-7-15-23(19)28(30)24-16-8-4-12-20(24)26;1-2-4-6-5-3-1;;;;;;;;;;;/h1-26,41-42H;1-26H;1-16H;1-5H;;10*1H/q;;;-1;+1;;;;;;;;;;. The summed E-state index contributed by atoms with van der Waals surface area (Å²) in [4.78, 5) is 26.4. The number of aliphatic hydroxyl groups is 2. The molecule has 4 aliphatic rings. The SMILES string of the molecule is O=C1c2ccccc2C(=C2c3ccccc3C(=O)c3ccccc32)c2ccccc21.OC1(c2ccccc2)c2ccccc2C(=C2c3ccccc3C(O)(c3ccccc3)c3ccccc32)c2ccccc21.[HH].[HH].[HH].[HH].[HH].[HH].[HH].[HH].[HH].[HH].[Li+].[c-]1ccccc1.c1ccc(-c2c3ccccc3c(-c3c4ccccc4c(-c4ccccc4)c4ccccc34)c3ccccc23)cc1. The molecule has 0 unspecified atom stereocenters. The molecule has 23 rings (SSSR count). The quantitative estimate of drug-likeness (QED) is 0.102. The molecule has 0 fully saturated rings. The third-order valence-electron chi connectivity index (χ3n) is 23.8. The maximum atomic E-state index is 13.2. The Morgan fingerprint density at radius 2 is 0.378 bits per heavy atom. The third-order valence-corrected chi connectivity index (χ3v) is 23.8. The van der Waals surface area contributed by atoms with Crippen LogP contribution in [0.25, 0.3) is 98.8 Å². The number of ketones is 2. The molecular formula is C114H95LiO4. The number of fused-ring (bicyclic) bond motifs is 12. The summed E-state index contributed by atoms with van der Waals surface area (Å²) in [5.41, 5.74) is 24.6. The Hall–Kier alpha value is -14.4. The van der Waals surface area contributed by atoms with Gasteiger partial charge in [0.2, 0.25) is 0 Å². The predicted molar refractivity (Wildman–Crippen MR) is 505 cm³/mol. The number of hydrogen-bond acceptors (Lipinski definition) is 4. The second-order valence-corrected chi connectivity index (χ2v) is 30.2. The fraction of sp³-hybridized carbons (Fsp3) is 0.0175. The zero-order chi connectivity index (χ0) is 79.3. The molecule has 2 N–H and O–H groups in total. The summed E-state index contributed by atoms with van der Waals surface area (Å²) in [6, 6.07) is 154. The zero-order valence-electron chi connectivity index (χ0n) is 65.4. The minimum absolute atomic E-state index is 0. The Balaban J connectivity index is 0.000000205. The van der Waals surface area contributed by atoms with E-state index in [9.17, 15) is 19.8 Å². The topological polar surface area (TPSA) is 74.6 Å². The molecular weight excluding hydrogens is 1440 g/mol. The number of carbonyl (C=O) groups excluding carboxylic acids is 2. The van der Waals surface area contributed by atoms with Crippen LogP contribution in [0.5, 0.6) is 0 Å². The first-order valence-electron chi connectivity index (χ1n) is 40.1. The molecule has 0 aliphatic heterocycles. The second kappa shape index (κ2) is 31.6. The molecule has 0 aromatic heterocycles. The summed E-state index contributed by atoms with van der Waals surface area (Å²) in [6.45, 7) is 0. The van der Waals surface area contributed by atoms with Crippen molar-refractivity contribution in [3.63, 3.8) is 0 Å². The Morgan fingerprint density at radius 3 is 0.613 bits per heavy atom. The molecule has 4 aliphatic carbocycles. The molecule has 0 saturated carbocycles. The molecule has 0 radical (unpaired) electrons. The molecule has 0 bridgehead atoms. The van der Waals surface area contributed by atoms with Crippen molar-refractivity contribution in [1.29, 1.82) is 0 Å². The molecule has 5 heteroatoms. The Bertz CT molecular complexity index is 6520. The molecule has 0 saturated heterocycles. The average Bonchev–Trinajstić information content (AvgIpc) is 0.687. The molecule has 4 nitrogen and oxygen atoms in total. The molecule has 0 spiro atoms. The molecule has 0 atom stereocenters. The van der Waals surface area contributed by atoms with Gasteiger partial charge in [0.25, 0.3) is 0 Å². The minimum atomic E-state index is -1.32. The van der Waals surface area contributed by atoms with Gasteiger partial charge in [0, 0.05) is 58.8 Å². The van der Waals surface area contributed by atoms with Crippen molar-refractivity contribution in [3.05, 3.63) is 549 Å². The molecule has 0 amide bonds.